The molecule has 0 aliphatic rings. The van der Waals surface area contributed by atoms with Gasteiger partial charge in [-0.2, -0.15) is 5.10 Å². The molecule has 2 rings (SSSR count). The van der Waals surface area contributed by atoms with Gasteiger partial charge >= 0.3 is 5.97 Å². The van der Waals surface area contributed by atoms with Crippen LogP contribution in [0.5, 0.6) is 0 Å². The van der Waals surface area contributed by atoms with Crippen LogP contribution < -0.4 is 5.32 Å². The first-order chi connectivity index (χ1) is 9.15. The van der Waals surface area contributed by atoms with Crippen LogP contribution in [0.1, 0.15) is 19.8 Å². The lowest BCUT2D eigenvalue weighted by atomic mass is 10.2. The van der Waals surface area contributed by atoms with Gasteiger partial charge in [0.05, 0.1) is 11.9 Å². The van der Waals surface area contributed by atoms with E-state index in [-0.39, 0.29) is 12.5 Å². The number of carbonyl (C=O) groups is 1. The Morgan fingerprint density at radius 1 is 1.53 bits per heavy atom. The van der Waals surface area contributed by atoms with Crippen LogP contribution in [0.15, 0.2) is 31.0 Å². The highest BCUT2D eigenvalue weighted by Gasteiger charge is 2.06. The maximum absolute atomic E-state index is 10.5. The summed E-state index contributed by atoms with van der Waals surface area (Å²) in [5.41, 5.74) is 0.849. The lowest BCUT2D eigenvalue weighted by Gasteiger charge is -2.14. The number of rotatable bonds is 6. The largest absolute Gasteiger partial charge is 0.481 e. The molecule has 0 aliphatic heterocycles. The quantitative estimate of drug-likeness (QED) is 0.814. The molecule has 0 fully saturated rings. The first kappa shape index (κ1) is 13.0. The Morgan fingerprint density at radius 3 is 2.95 bits per heavy atom. The Bertz CT molecular complexity index is 524. The molecule has 1 atom stereocenters. The van der Waals surface area contributed by atoms with E-state index in [0.29, 0.717) is 12.2 Å². The van der Waals surface area contributed by atoms with Crippen molar-refractivity contribution in [3.8, 4) is 5.82 Å². The molecule has 0 amide bonds. The summed E-state index contributed by atoms with van der Waals surface area (Å²) in [5, 5.41) is 15.8. The van der Waals surface area contributed by atoms with E-state index in [2.05, 4.69) is 20.4 Å². The van der Waals surface area contributed by atoms with Gasteiger partial charge in [0.2, 0.25) is 0 Å². The summed E-state index contributed by atoms with van der Waals surface area (Å²) in [6.07, 6.45) is 5.43. The lowest BCUT2D eigenvalue weighted by Crippen LogP contribution is -2.16. The average molecular weight is 261 g/mol. The molecule has 0 bridgehead atoms. The van der Waals surface area contributed by atoms with Crippen molar-refractivity contribution in [2.75, 3.05) is 5.32 Å². The summed E-state index contributed by atoms with van der Waals surface area (Å²) >= 11 is 0. The highest BCUT2D eigenvalue weighted by molar-refractivity contribution is 5.66. The molecule has 7 heteroatoms. The van der Waals surface area contributed by atoms with Crippen molar-refractivity contribution in [2.24, 2.45) is 0 Å². The number of pyridine rings is 1. The maximum Gasteiger partial charge on any atom is 0.303 e. The number of carboxylic acids is 1. The minimum atomic E-state index is -0.784. The van der Waals surface area contributed by atoms with Crippen LogP contribution in [0, 0.1) is 0 Å². The summed E-state index contributed by atoms with van der Waals surface area (Å²) in [5.74, 6) is -0.102. The molecule has 1 unspecified atom stereocenters. The van der Waals surface area contributed by atoms with E-state index < -0.39 is 5.97 Å². The molecule has 19 heavy (non-hydrogen) atoms. The van der Waals surface area contributed by atoms with E-state index in [4.69, 9.17) is 5.11 Å². The second-order valence-electron chi connectivity index (χ2n) is 4.22. The molecule has 2 aromatic heterocycles. The number of nitrogens with zero attached hydrogens (tertiary/aromatic N) is 4. The first-order valence-electron chi connectivity index (χ1n) is 5.94. The summed E-state index contributed by atoms with van der Waals surface area (Å²) < 4.78 is 1.57. The third-order valence-electron chi connectivity index (χ3n) is 2.61. The van der Waals surface area contributed by atoms with Gasteiger partial charge in [-0.1, -0.05) is 0 Å². The van der Waals surface area contributed by atoms with Gasteiger partial charge in [0.25, 0.3) is 0 Å². The minimum Gasteiger partial charge on any atom is -0.481 e. The number of aromatic nitrogens is 4. The van der Waals surface area contributed by atoms with Gasteiger partial charge in [0, 0.05) is 12.5 Å². The molecule has 7 nitrogen and oxygen atoms in total. The van der Waals surface area contributed by atoms with Crippen LogP contribution in [-0.4, -0.2) is 36.9 Å². The van der Waals surface area contributed by atoms with E-state index in [0.717, 1.165) is 5.69 Å². The molecule has 0 aliphatic carbocycles. The number of aliphatic carboxylic acids is 1. The third kappa shape index (κ3) is 3.77. The first-order valence-corrected chi connectivity index (χ1v) is 5.94. The molecule has 2 N–H and O–H groups in total. The third-order valence-corrected chi connectivity index (χ3v) is 2.61. The van der Waals surface area contributed by atoms with Crippen molar-refractivity contribution in [2.45, 2.75) is 25.8 Å². The van der Waals surface area contributed by atoms with E-state index in [9.17, 15) is 4.79 Å². The lowest BCUT2D eigenvalue weighted by molar-refractivity contribution is -0.137. The molecule has 0 saturated heterocycles. The standard InChI is InChI=1S/C12H15N5O2/c1-9(2-5-12(18)19)16-10-3-4-11(14-6-10)17-8-13-7-15-17/h3-4,6-9,16H,2,5H2,1H3,(H,18,19). The molecule has 2 aromatic rings. The molecular formula is C12H15N5O2. The van der Waals surface area contributed by atoms with Crippen LogP contribution in [0.2, 0.25) is 0 Å². The van der Waals surface area contributed by atoms with Crippen LogP contribution in [0.25, 0.3) is 5.82 Å². The number of hydrogen-bond acceptors (Lipinski definition) is 5. The molecule has 100 valence electrons. The smallest absolute Gasteiger partial charge is 0.303 e. The van der Waals surface area contributed by atoms with Gasteiger partial charge in [-0.05, 0) is 25.5 Å². The normalized spacial score (nSPS) is 12.1. The highest BCUT2D eigenvalue weighted by atomic mass is 16.4. The zero-order valence-electron chi connectivity index (χ0n) is 10.5. The molecular weight excluding hydrogens is 246 g/mol. The minimum absolute atomic E-state index is 0.0788. The van der Waals surface area contributed by atoms with Crippen molar-refractivity contribution in [1.29, 1.82) is 0 Å². The Labute approximate surface area is 110 Å². The number of carboxylic acid groups (broad SMARTS) is 1. The van der Waals surface area contributed by atoms with Gasteiger partial charge in [0.15, 0.2) is 5.82 Å². The fraction of sp³-hybridized carbons (Fsp3) is 0.333. The second kappa shape index (κ2) is 5.94. The SMILES string of the molecule is CC(CCC(=O)O)Nc1ccc(-n2cncn2)nc1. The van der Waals surface area contributed by atoms with Crippen molar-refractivity contribution < 1.29 is 9.90 Å². The molecule has 0 saturated carbocycles. The Balaban J connectivity index is 1.93. The van der Waals surface area contributed by atoms with Crippen LogP contribution in [0.4, 0.5) is 5.69 Å². The molecule has 0 spiro atoms. The van der Waals surface area contributed by atoms with Gasteiger partial charge in [-0.25, -0.2) is 14.6 Å². The fourth-order valence-electron chi connectivity index (χ4n) is 1.63. The van der Waals surface area contributed by atoms with Crippen LogP contribution in [0.3, 0.4) is 0 Å². The predicted octanol–water partition coefficient (Wildman–Crippen LogP) is 1.33. The van der Waals surface area contributed by atoms with E-state index in [1.54, 1.807) is 17.2 Å². The number of hydrogen-bond donors (Lipinski definition) is 2. The van der Waals surface area contributed by atoms with Gasteiger partial charge in [0.1, 0.15) is 12.7 Å². The van der Waals surface area contributed by atoms with Crippen molar-refractivity contribution in [1.82, 2.24) is 19.7 Å². The fourth-order valence-corrected chi connectivity index (χ4v) is 1.63. The van der Waals surface area contributed by atoms with Crippen molar-refractivity contribution in [3.05, 3.63) is 31.0 Å². The Kier molecular flexibility index (Phi) is 4.07. The predicted molar refractivity (Wildman–Crippen MR) is 69.1 cm³/mol. The van der Waals surface area contributed by atoms with Gasteiger partial charge in [-0.15, -0.1) is 0 Å². The number of anilines is 1. The van der Waals surface area contributed by atoms with Gasteiger partial charge in [-0.3, -0.25) is 4.79 Å². The van der Waals surface area contributed by atoms with E-state index in [1.165, 1.54) is 6.33 Å². The second-order valence-corrected chi connectivity index (χ2v) is 4.22. The van der Waals surface area contributed by atoms with Crippen molar-refractivity contribution >= 4 is 11.7 Å². The molecule has 0 aromatic carbocycles. The topological polar surface area (TPSA) is 92.9 Å². The van der Waals surface area contributed by atoms with E-state index >= 15 is 0 Å². The Morgan fingerprint density at radius 2 is 2.37 bits per heavy atom. The Hall–Kier alpha value is -2.44. The van der Waals surface area contributed by atoms with Gasteiger partial charge < -0.3 is 10.4 Å². The zero-order chi connectivity index (χ0) is 13.7. The summed E-state index contributed by atoms with van der Waals surface area (Å²) in [7, 11) is 0. The van der Waals surface area contributed by atoms with Crippen molar-refractivity contribution in [3.63, 3.8) is 0 Å². The average Bonchev–Trinajstić information content (AvgIpc) is 2.91. The van der Waals surface area contributed by atoms with E-state index in [1.807, 2.05) is 19.1 Å². The number of nitrogens with one attached hydrogen (secondary N) is 1. The monoisotopic (exact) mass is 261 g/mol. The summed E-state index contributed by atoms with van der Waals surface area (Å²) in [6, 6.07) is 3.78. The maximum atomic E-state index is 10.5. The summed E-state index contributed by atoms with van der Waals surface area (Å²) in [4.78, 5) is 18.6. The molecule has 2 heterocycles. The highest BCUT2D eigenvalue weighted by Crippen LogP contribution is 2.11. The zero-order valence-corrected chi connectivity index (χ0v) is 10.5. The summed E-state index contributed by atoms with van der Waals surface area (Å²) in [6.45, 7) is 1.94. The van der Waals surface area contributed by atoms with Crippen LogP contribution >= 0.6 is 0 Å². The van der Waals surface area contributed by atoms with Crippen LogP contribution in [-0.2, 0) is 4.79 Å². The molecule has 0 radical (unpaired) electrons.